The van der Waals surface area contributed by atoms with Crippen molar-refractivity contribution in [1.29, 1.82) is 0 Å². The topological polar surface area (TPSA) is 88.2 Å². The molecule has 0 unspecified atom stereocenters. The van der Waals surface area contributed by atoms with Crippen molar-refractivity contribution in [3.63, 3.8) is 0 Å². The van der Waals surface area contributed by atoms with Gasteiger partial charge in [-0.05, 0) is 31.6 Å². The number of carbonyl (C=O) groups excluding carboxylic acids is 3. The average Bonchev–Trinajstić information content (AvgIpc) is 3.16. The lowest BCUT2D eigenvalue weighted by molar-refractivity contribution is -0.139. The first-order chi connectivity index (χ1) is 14.5. The molecular formula is C22H31N3O5. The molecule has 1 aromatic carbocycles. The fraction of sp³-hybridized carbons (Fsp3) is 0.591. The summed E-state index contributed by atoms with van der Waals surface area (Å²) < 4.78 is 10.5. The van der Waals surface area contributed by atoms with Crippen LogP contribution >= 0.6 is 0 Å². The van der Waals surface area contributed by atoms with Crippen LogP contribution in [-0.4, -0.2) is 67.9 Å². The lowest BCUT2D eigenvalue weighted by Crippen LogP contribution is -2.45. The van der Waals surface area contributed by atoms with Gasteiger partial charge in [0.25, 0.3) is 0 Å². The molecule has 3 rings (SSSR count). The molecule has 2 saturated heterocycles. The third-order valence-corrected chi connectivity index (χ3v) is 5.78. The summed E-state index contributed by atoms with van der Waals surface area (Å²) in [6, 6.07) is 5.25. The Morgan fingerprint density at radius 1 is 1.10 bits per heavy atom. The monoisotopic (exact) mass is 417 g/mol. The second-order valence-corrected chi connectivity index (χ2v) is 7.96. The predicted molar refractivity (Wildman–Crippen MR) is 113 cm³/mol. The molecule has 2 heterocycles. The van der Waals surface area contributed by atoms with Gasteiger partial charge in [0.05, 0.1) is 20.8 Å². The molecule has 0 spiro atoms. The van der Waals surface area contributed by atoms with E-state index in [4.69, 9.17) is 9.47 Å². The van der Waals surface area contributed by atoms with Crippen molar-refractivity contribution in [1.82, 2.24) is 9.80 Å². The molecule has 0 saturated carbocycles. The van der Waals surface area contributed by atoms with Gasteiger partial charge in [0.1, 0.15) is 11.5 Å². The minimum atomic E-state index is -0.0728. The summed E-state index contributed by atoms with van der Waals surface area (Å²) in [7, 11) is 3.13. The van der Waals surface area contributed by atoms with Gasteiger partial charge in [0.15, 0.2) is 0 Å². The zero-order valence-corrected chi connectivity index (χ0v) is 17.8. The van der Waals surface area contributed by atoms with E-state index in [0.29, 0.717) is 49.0 Å². The fourth-order valence-electron chi connectivity index (χ4n) is 4.10. The van der Waals surface area contributed by atoms with E-state index in [0.717, 1.165) is 32.2 Å². The van der Waals surface area contributed by atoms with Gasteiger partial charge in [-0.15, -0.1) is 0 Å². The molecule has 2 fully saturated rings. The van der Waals surface area contributed by atoms with E-state index in [9.17, 15) is 14.4 Å². The normalized spacial score (nSPS) is 19.0. The third kappa shape index (κ3) is 5.87. The first kappa shape index (κ1) is 21.9. The molecule has 164 valence electrons. The summed E-state index contributed by atoms with van der Waals surface area (Å²) in [5.74, 6) is 1.54. The molecule has 2 aliphatic rings. The Labute approximate surface area is 177 Å². The van der Waals surface area contributed by atoms with Crippen LogP contribution < -0.4 is 14.8 Å². The number of piperidine rings is 1. The number of nitrogens with zero attached hydrogens (tertiary/aromatic N) is 2. The van der Waals surface area contributed by atoms with Crippen molar-refractivity contribution < 1.29 is 23.9 Å². The second kappa shape index (κ2) is 10.3. The van der Waals surface area contributed by atoms with E-state index in [2.05, 4.69) is 5.32 Å². The fourth-order valence-corrected chi connectivity index (χ4v) is 4.10. The van der Waals surface area contributed by atoms with Crippen molar-refractivity contribution in [3.05, 3.63) is 18.2 Å². The maximum Gasteiger partial charge on any atom is 0.242 e. The number of carbonyl (C=O) groups is 3. The second-order valence-electron chi connectivity index (χ2n) is 7.96. The number of benzene rings is 1. The minimum Gasteiger partial charge on any atom is -0.497 e. The van der Waals surface area contributed by atoms with Crippen molar-refractivity contribution in [2.75, 3.05) is 45.7 Å². The van der Waals surface area contributed by atoms with E-state index in [-0.39, 0.29) is 24.3 Å². The van der Waals surface area contributed by atoms with Crippen molar-refractivity contribution in [3.8, 4) is 11.5 Å². The number of anilines is 1. The van der Waals surface area contributed by atoms with Gasteiger partial charge in [-0.2, -0.15) is 0 Å². The Bertz CT molecular complexity index is 760. The summed E-state index contributed by atoms with van der Waals surface area (Å²) in [5.41, 5.74) is 0.631. The number of likely N-dealkylation sites (tertiary alicyclic amines) is 2. The van der Waals surface area contributed by atoms with Crippen LogP contribution in [0.25, 0.3) is 0 Å². The third-order valence-electron chi connectivity index (χ3n) is 5.78. The Kier molecular flexibility index (Phi) is 7.54. The van der Waals surface area contributed by atoms with Gasteiger partial charge in [-0.25, -0.2) is 0 Å². The number of hydrogen-bond acceptors (Lipinski definition) is 5. The largest absolute Gasteiger partial charge is 0.497 e. The van der Waals surface area contributed by atoms with E-state index in [1.165, 1.54) is 0 Å². The van der Waals surface area contributed by atoms with E-state index in [1.807, 2.05) is 4.90 Å². The van der Waals surface area contributed by atoms with Gasteiger partial charge in [0, 0.05) is 56.4 Å². The highest BCUT2D eigenvalue weighted by atomic mass is 16.5. The van der Waals surface area contributed by atoms with Crippen LogP contribution in [0.5, 0.6) is 11.5 Å². The van der Waals surface area contributed by atoms with Gasteiger partial charge in [0.2, 0.25) is 17.7 Å². The Morgan fingerprint density at radius 2 is 1.83 bits per heavy atom. The van der Waals surface area contributed by atoms with Gasteiger partial charge < -0.3 is 24.6 Å². The van der Waals surface area contributed by atoms with Crippen molar-refractivity contribution in [2.24, 2.45) is 5.92 Å². The quantitative estimate of drug-likeness (QED) is 0.701. The highest BCUT2D eigenvalue weighted by molar-refractivity contribution is 5.91. The molecule has 3 amide bonds. The minimum absolute atomic E-state index is 0.0166. The Morgan fingerprint density at radius 3 is 2.47 bits per heavy atom. The number of rotatable bonds is 8. The number of methoxy groups -OCH3 is 2. The molecule has 0 radical (unpaired) electrons. The summed E-state index contributed by atoms with van der Waals surface area (Å²) in [6.45, 7) is 2.25. The summed E-state index contributed by atoms with van der Waals surface area (Å²) in [5, 5.41) is 2.89. The van der Waals surface area contributed by atoms with Crippen LogP contribution in [0.2, 0.25) is 0 Å². The summed E-state index contributed by atoms with van der Waals surface area (Å²) >= 11 is 0. The summed E-state index contributed by atoms with van der Waals surface area (Å²) in [4.78, 5) is 40.3. The zero-order valence-electron chi connectivity index (χ0n) is 17.8. The molecule has 2 aliphatic heterocycles. The Hall–Kier alpha value is -2.77. The SMILES string of the molecule is COc1cc(NC(=O)CC[C@H]2CCCN(C(=O)CN3CCCC3=O)C2)cc(OC)c1. The van der Waals surface area contributed by atoms with Crippen LogP contribution in [0.4, 0.5) is 5.69 Å². The lowest BCUT2D eigenvalue weighted by atomic mass is 9.93. The van der Waals surface area contributed by atoms with Gasteiger partial charge >= 0.3 is 0 Å². The highest BCUT2D eigenvalue weighted by Crippen LogP contribution is 2.26. The average molecular weight is 418 g/mol. The van der Waals surface area contributed by atoms with Crippen LogP contribution in [0.3, 0.4) is 0 Å². The van der Waals surface area contributed by atoms with Crippen LogP contribution in [0.1, 0.15) is 38.5 Å². The molecule has 8 nitrogen and oxygen atoms in total. The molecule has 1 aromatic rings. The molecular weight excluding hydrogens is 386 g/mol. The van der Waals surface area contributed by atoms with E-state index in [1.54, 1.807) is 37.3 Å². The molecule has 1 atom stereocenters. The molecule has 30 heavy (non-hydrogen) atoms. The standard InChI is InChI=1S/C22H31N3O5/c1-29-18-11-17(12-19(13-18)30-2)23-20(26)8-7-16-5-3-9-24(14-16)22(28)15-25-10-4-6-21(25)27/h11-13,16H,3-10,14-15H2,1-2H3,(H,23,26)/t16-/m1/s1. The maximum atomic E-state index is 12.6. The highest BCUT2D eigenvalue weighted by Gasteiger charge is 2.28. The zero-order chi connectivity index (χ0) is 21.5. The van der Waals surface area contributed by atoms with Crippen LogP contribution in [-0.2, 0) is 14.4 Å². The van der Waals surface area contributed by atoms with E-state index >= 15 is 0 Å². The number of hydrogen-bond donors (Lipinski definition) is 1. The van der Waals surface area contributed by atoms with Crippen molar-refractivity contribution in [2.45, 2.75) is 38.5 Å². The van der Waals surface area contributed by atoms with Crippen LogP contribution in [0.15, 0.2) is 18.2 Å². The van der Waals surface area contributed by atoms with Crippen LogP contribution in [0, 0.1) is 5.92 Å². The summed E-state index contributed by atoms with van der Waals surface area (Å²) in [6.07, 6.45) is 4.43. The maximum absolute atomic E-state index is 12.6. The molecule has 0 aromatic heterocycles. The predicted octanol–water partition coefficient (Wildman–Crippen LogP) is 2.28. The number of nitrogens with one attached hydrogen (secondary N) is 1. The smallest absolute Gasteiger partial charge is 0.242 e. The molecule has 8 heteroatoms. The number of ether oxygens (including phenoxy) is 2. The molecule has 1 N–H and O–H groups in total. The first-order valence-electron chi connectivity index (χ1n) is 10.6. The van der Waals surface area contributed by atoms with Gasteiger partial charge in [-0.3, -0.25) is 14.4 Å². The Balaban J connectivity index is 1.46. The van der Waals surface area contributed by atoms with Gasteiger partial charge in [-0.1, -0.05) is 0 Å². The molecule has 0 aliphatic carbocycles. The first-order valence-corrected chi connectivity index (χ1v) is 10.6. The van der Waals surface area contributed by atoms with E-state index < -0.39 is 0 Å². The number of amides is 3. The molecule has 0 bridgehead atoms. The lowest BCUT2D eigenvalue weighted by Gasteiger charge is -2.33. The van der Waals surface area contributed by atoms with Crippen molar-refractivity contribution >= 4 is 23.4 Å².